The molecule has 0 aliphatic carbocycles. The van der Waals surface area contributed by atoms with Crippen LogP contribution in [0.4, 0.5) is 0 Å². The van der Waals surface area contributed by atoms with Gasteiger partial charge in [-0.05, 0) is 13.3 Å². The zero-order valence-electron chi connectivity index (χ0n) is 11.4. The fourth-order valence-corrected chi connectivity index (χ4v) is 2.57. The molecule has 0 saturated heterocycles. The lowest BCUT2D eigenvalue weighted by Crippen LogP contribution is -2.36. The van der Waals surface area contributed by atoms with Crippen LogP contribution >= 0.6 is 11.3 Å². The van der Waals surface area contributed by atoms with E-state index in [1.165, 1.54) is 4.88 Å². The standard InChI is InChI=1S/C15H20N2OS/c1-3-15(2,18)11-16-9-13-10-17-14(19-13)12-7-5-4-6-8-12/h4-8,10,16,18H,3,9,11H2,1-2H3. The Hall–Kier alpha value is -1.23. The molecule has 1 atom stereocenters. The molecule has 0 aliphatic rings. The topological polar surface area (TPSA) is 45.1 Å². The lowest BCUT2D eigenvalue weighted by molar-refractivity contribution is 0.0556. The first-order valence-corrected chi connectivity index (χ1v) is 7.35. The van der Waals surface area contributed by atoms with Crippen molar-refractivity contribution in [2.24, 2.45) is 0 Å². The Balaban J connectivity index is 1.92. The van der Waals surface area contributed by atoms with Crippen LogP contribution in [0.15, 0.2) is 36.5 Å². The SMILES string of the molecule is CCC(C)(O)CNCc1cnc(-c2ccccc2)s1. The van der Waals surface area contributed by atoms with Crippen molar-refractivity contribution < 1.29 is 5.11 Å². The van der Waals surface area contributed by atoms with E-state index >= 15 is 0 Å². The Morgan fingerprint density at radius 1 is 1.32 bits per heavy atom. The van der Waals surface area contributed by atoms with Crippen molar-refractivity contribution in [3.8, 4) is 10.6 Å². The van der Waals surface area contributed by atoms with Gasteiger partial charge >= 0.3 is 0 Å². The highest BCUT2D eigenvalue weighted by atomic mass is 32.1. The number of nitrogens with zero attached hydrogens (tertiary/aromatic N) is 1. The number of benzene rings is 1. The highest BCUT2D eigenvalue weighted by molar-refractivity contribution is 7.15. The first kappa shape index (κ1) is 14.2. The Morgan fingerprint density at radius 2 is 2.05 bits per heavy atom. The molecule has 2 aromatic rings. The molecule has 0 amide bonds. The Kier molecular flexibility index (Phi) is 4.69. The van der Waals surface area contributed by atoms with Crippen LogP contribution in [0.3, 0.4) is 0 Å². The van der Waals surface area contributed by atoms with E-state index < -0.39 is 5.60 Å². The summed E-state index contributed by atoms with van der Waals surface area (Å²) in [6.07, 6.45) is 2.65. The fraction of sp³-hybridized carbons (Fsp3) is 0.400. The maximum Gasteiger partial charge on any atom is 0.123 e. The lowest BCUT2D eigenvalue weighted by Gasteiger charge is -2.21. The third-order valence-electron chi connectivity index (χ3n) is 3.14. The van der Waals surface area contributed by atoms with Gasteiger partial charge in [0.1, 0.15) is 5.01 Å². The van der Waals surface area contributed by atoms with Gasteiger partial charge in [-0.15, -0.1) is 11.3 Å². The van der Waals surface area contributed by atoms with Crippen LogP contribution < -0.4 is 5.32 Å². The van der Waals surface area contributed by atoms with E-state index in [9.17, 15) is 5.11 Å². The van der Waals surface area contributed by atoms with Gasteiger partial charge in [-0.3, -0.25) is 0 Å². The van der Waals surface area contributed by atoms with Gasteiger partial charge in [0.05, 0.1) is 5.60 Å². The Bertz CT molecular complexity index is 508. The summed E-state index contributed by atoms with van der Waals surface area (Å²) in [5.74, 6) is 0. The van der Waals surface area contributed by atoms with Crippen molar-refractivity contribution >= 4 is 11.3 Å². The summed E-state index contributed by atoms with van der Waals surface area (Å²) in [4.78, 5) is 5.62. The Labute approximate surface area is 118 Å². The summed E-state index contributed by atoms with van der Waals surface area (Å²) in [5.41, 5.74) is 0.520. The van der Waals surface area contributed by atoms with E-state index in [2.05, 4.69) is 22.4 Å². The van der Waals surface area contributed by atoms with E-state index in [-0.39, 0.29) is 0 Å². The van der Waals surface area contributed by atoms with Crippen molar-refractivity contribution in [1.82, 2.24) is 10.3 Å². The molecule has 2 rings (SSSR count). The largest absolute Gasteiger partial charge is 0.389 e. The van der Waals surface area contributed by atoms with Crippen LogP contribution in [-0.4, -0.2) is 22.2 Å². The van der Waals surface area contributed by atoms with Crippen molar-refractivity contribution in [1.29, 1.82) is 0 Å². The number of aromatic nitrogens is 1. The number of hydrogen-bond acceptors (Lipinski definition) is 4. The average molecular weight is 276 g/mol. The summed E-state index contributed by atoms with van der Waals surface area (Å²) in [6, 6.07) is 10.2. The number of rotatable bonds is 6. The van der Waals surface area contributed by atoms with Crippen molar-refractivity contribution in [2.45, 2.75) is 32.4 Å². The molecule has 0 fully saturated rings. The van der Waals surface area contributed by atoms with E-state index in [0.29, 0.717) is 6.54 Å². The van der Waals surface area contributed by atoms with E-state index in [0.717, 1.165) is 23.5 Å². The summed E-state index contributed by atoms with van der Waals surface area (Å²) < 4.78 is 0. The summed E-state index contributed by atoms with van der Waals surface area (Å²) in [5, 5.41) is 14.2. The number of aliphatic hydroxyl groups is 1. The molecule has 2 N–H and O–H groups in total. The zero-order chi connectivity index (χ0) is 13.7. The highest BCUT2D eigenvalue weighted by Gasteiger charge is 2.16. The van der Waals surface area contributed by atoms with Crippen molar-refractivity contribution in [3.63, 3.8) is 0 Å². The Morgan fingerprint density at radius 3 is 2.74 bits per heavy atom. The molecule has 1 heterocycles. The molecule has 1 aromatic carbocycles. The molecule has 4 heteroatoms. The molecule has 0 bridgehead atoms. The predicted octanol–water partition coefficient (Wildman–Crippen LogP) is 3.06. The van der Waals surface area contributed by atoms with Crippen molar-refractivity contribution in [3.05, 3.63) is 41.4 Å². The van der Waals surface area contributed by atoms with Gasteiger partial charge in [0.25, 0.3) is 0 Å². The number of nitrogens with one attached hydrogen (secondary N) is 1. The van der Waals surface area contributed by atoms with Gasteiger partial charge < -0.3 is 10.4 Å². The molecule has 102 valence electrons. The maximum atomic E-state index is 9.91. The fourth-order valence-electron chi connectivity index (χ4n) is 1.68. The third kappa shape index (κ3) is 4.13. The molecule has 1 aromatic heterocycles. The second-order valence-electron chi connectivity index (χ2n) is 4.95. The minimum Gasteiger partial charge on any atom is -0.389 e. The predicted molar refractivity (Wildman–Crippen MR) is 80.2 cm³/mol. The van der Waals surface area contributed by atoms with Crippen LogP contribution in [0, 0.1) is 0 Å². The first-order chi connectivity index (χ1) is 9.11. The van der Waals surface area contributed by atoms with E-state index in [1.54, 1.807) is 11.3 Å². The minimum atomic E-state index is -0.632. The number of hydrogen-bond donors (Lipinski definition) is 2. The molecule has 3 nitrogen and oxygen atoms in total. The zero-order valence-corrected chi connectivity index (χ0v) is 12.2. The molecule has 1 unspecified atom stereocenters. The quantitative estimate of drug-likeness (QED) is 0.852. The van der Waals surface area contributed by atoms with E-state index in [4.69, 9.17) is 0 Å². The smallest absolute Gasteiger partial charge is 0.123 e. The van der Waals surface area contributed by atoms with Gasteiger partial charge in [-0.25, -0.2) is 4.98 Å². The monoisotopic (exact) mass is 276 g/mol. The maximum absolute atomic E-state index is 9.91. The summed E-state index contributed by atoms with van der Waals surface area (Å²) >= 11 is 1.69. The van der Waals surface area contributed by atoms with Crippen molar-refractivity contribution in [2.75, 3.05) is 6.54 Å². The highest BCUT2D eigenvalue weighted by Crippen LogP contribution is 2.24. The van der Waals surface area contributed by atoms with Crippen LogP contribution in [-0.2, 0) is 6.54 Å². The molecule has 0 spiro atoms. The van der Waals surface area contributed by atoms with Gasteiger partial charge in [0.15, 0.2) is 0 Å². The molecule has 0 saturated carbocycles. The molecule has 0 radical (unpaired) electrons. The molecule has 0 aliphatic heterocycles. The molecule has 19 heavy (non-hydrogen) atoms. The second kappa shape index (κ2) is 6.28. The number of thiazole rings is 1. The van der Waals surface area contributed by atoms with E-state index in [1.807, 2.05) is 38.2 Å². The summed E-state index contributed by atoms with van der Waals surface area (Å²) in [6.45, 7) is 5.19. The molecular formula is C15H20N2OS. The van der Waals surface area contributed by atoms with Gasteiger partial charge in [-0.2, -0.15) is 0 Å². The van der Waals surface area contributed by atoms with Gasteiger partial charge in [-0.1, -0.05) is 37.3 Å². The van der Waals surface area contributed by atoms with Crippen LogP contribution in [0.25, 0.3) is 10.6 Å². The average Bonchev–Trinajstić information content (AvgIpc) is 2.88. The van der Waals surface area contributed by atoms with Crippen LogP contribution in [0.2, 0.25) is 0 Å². The minimum absolute atomic E-state index is 0.599. The molecular weight excluding hydrogens is 256 g/mol. The normalized spacial score (nSPS) is 14.3. The van der Waals surface area contributed by atoms with Crippen LogP contribution in [0.5, 0.6) is 0 Å². The first-order valence-electron chi connectivity index (χ1n) is 6.54. The summed E-state index contributed by atoms with van der Waals surface area (Å²) in [7, 11) is 0. The van der Waals surface area contributed by atoms with Gasteiger partial charge in [0.2, 0.25) is 0 Å². The van der Waals surface area contributed by atoms with Gasteiger partial charge in [0, 0.05) is 29.7 Å². The third-order valence-corrected chi connectivity index (χ3v) is 4.19. The lowest BCUT2D eigenvalue weighted by atomic mass is 10.0. The second-order valence-corrected chi connectivity index (χ2v) is 6.07. The van der Waals surface area contributed by atoms with Crippen LogP contribution in [0.1, 0.15) is 25.1 Å².